The van der Waals surface area contributed by atoms with Crippen LogP contribution in [0.5, 0.6) is 5.75 Å². The maximum Gasteiger partial charge on any atom is 0.115 e. The van der Waals surface area contributed by atoms with Gasteiger partial charge < -0.3 is 10.8 Å². The lowest BCUT2D eigenvalue weighted by atomic mass is 9.65. The first-order valence-electron chi connectivity index (χ1n) is 9.80. The molecule has 3 nitrogen and oxygen atoms in total. The molecule has 3 rings (SSSR count). The average molecular weight is 353 g/mol. The zero-order valence-electron chi connectivity index (χ0n) is 16.1. The number of hydrogen-bond donors (Lipinski definition) is 2. The predicted molar refractivity (Wildman–Crippen MR) is 108 cm³/mol. The van der Waals surface area contributed by atoms with Crippen molar-refractivity contribution in [2.24, 2.45) is 11.7 Å². The van der Waals surface area contributed by atoms with Crippen molar-refractivity contribution in [3.63, 3.8) is 0 Å². The molecule has 0 aromatic heterocycles. The lowest BCUT2D eigenvalue weighted by Crippen LogP contribution is -2.53. The zero-order valence-corrected chi connectivity index (χ0v) is 16.1. The number of rotatable bonds is 6. The lowest BCUT2D eigenvalue weighted by Gasteiger charge is -2.50. The molecule has 0 spiro atoms. The summed E-state index contributed by atoms with van der Waals surface area (Å²) in [5, 5.41) is 9.95. The number of benzene rings is 2. The van der Waals surface area contributed by atoms with E-state index in [1.807, 2.05) is 12.1 Å². The summed E-state index contributed by atoms with van der Waals surface area (Å²) < 4.78 is 0. The van der Waals surface area contributed by atoms with Crippen LogP contribution in [0.2, 0.25) is 0 Å². The van der Waals surface area contributed by atoms with Crippen LogP contribution in [-0.2, 0) is 11.8 Å². The molecule has 1 aliphatic rings. The normalized spacial score (nSPS) is 26.7. The molecule has 0 radical (unpaired) electrons. The number of nitrogens with zero attached hydrogens (tertiary/aromatic N) is 1. The number of nitrogens with two attached hydrogens (primary N) is 1. The van der Waals surface area contributed by atoms with E-state index in [-0.39, 0.29) is 5.41 Å². The van der Waals surface area contributed by atoms with E-state index >= 15 is 0 Å². The number of phenolic OH excluding ortho intramolecular Hbond substituents is 1. The quantitative estimate of drug-likeness (QED) is 0.827. The Morgan fingerprint density at radius 3 is 2.62 bits per heavy atom. The van der Waals surface area contributed by atoms with Crippen molar-refractivity contribution in [1.82, 2.24) is 4.90 Å². The molecule has 2 aromatic rings. The van der Waals surface area contributed by atoms with Crippen LogP contribution >= 0.6 is 0 Å². The largest absolute Gasteiger partial charge is 0.508 e. The Morgan fingerprint density at radius 1 is 1.15 bits per heavy atom. The maximum atomic E-state index is 9.95. The van der Waals surface area contributed by atoms with Gasteiger partial charge in [0.15, 0.2) is 0 Å². The fourth-order valence-corrected chi connectivity index (χ4v) is 4.45. The summed E-state index contributed by atoms with van der Waals surface area (Å²) in [6, 6.07) is 19.0. The third kappa shape index (κ3) is 4.11. The van der Waals surface area contributed by atoms with Crippen LogP contribution in [0.15, 0.2) is 54.6 Å². The van der Waals surface area contributed by atoms with Gasteiger partial charge in [0, 0.05) is 19.1 Å². The SMILES string of the molecule is C[C@H]1CN(CCc2ccccc2)[C@H](CCN)C[C@@]1(C)c1cccc(O)c1. The van der Waals surface area contributed by atoms with E-state index in [1.165, 1.54) is 11.1 Å². The van der Waals surface area contributed by atoms with Crippen LogP contribution in [0.3, 0.4) is 0 Å². The van der Waals surface area contributed by atoms with Gasteiger partial charge in [0.05, 0.1) is 0 Å². The van der Waals surface area contributed by atoms with Crippen molar-refractivity contribution < 1.29 is 5.11 Å². The van der Waals surface area contributed by atoms with Crippen LogP contribution in [0.1, 0.15) is 37.8 Å². The fraction of sp³-hybridized carbons (Fsp3) is 0.478. The molecule has 1 saturated heterocycles. The van der Waals surface area contributed by atoms with E-state index in [9.17, 15) is 5.11 Å². The van der Waals surface area contributed by atoms with Gasteiger partial charge in [0.2, 0.25) is 0 Å². The van der Waals surface area contributed by atoms with Crippen molar-refractivity contribution in [2.75, 3.05) is 19.6 Å². The summed E-state index contributed by atoms with van der Waals surface area (Å²) in [6.45, 7) is 7.57. The third-order valence-corrected chi connectivity index (χ3v) is 6.31. The zero-order chi connectivity index (χ0) is 18.6. The highest BCUT2D eigenvalue weighted by Crippen LogP contribution is 2.43. The van der Waals surface area contributed by atoms with E-state index in [2.05, 4.69) is 55.1 Å². The Bertz CT molecular complexity index is 702. The monoisotopic (exact) mass is 352 g/mol. The summed E-state index contributed by atoms with van der Waals surface area (Å²) in [4.78, 5) is 2.63. The highest BCUT2D eigenvalue weighted by atomic mass is 16.3. The second kappa shape index (κ2) is 8.24. The lowest BCUT2D eigenvalue weighted by molar-refractivity contribution is 0.0521. The molecular weight excluding hydrogens is 320 g/mol. The Morgan fingerprint density at radius 2 is 1.92 bits per heavy atom. The molecule has 1 fully saturated rings. The number of aromatic hydroxyl groups is 1. The topological polar surface area (TPSA) is 49.5 Å². The minimum absolute atomic E-state index is 0.0713. The number of likely N-dealkylation sites (tertiary alicyclic amines) is 1. The third-order valence-electron chi connectivity index (χ3n) is 6.31. The van der Waals surface area contributed by atoms with Gasteiger partial charge in [0.25, 0.3) is 0 Å². The van der Waals surface area contributed by atoms with E-state index in [4.69, 9.17) is 5.73 Å². The predicted octanol–water partition coefficient (Wildman–Crippen LogP) is 3.95. The van der Waals surface area contributed by atoms with Crippen LogP contribution in [0.4, 0.5) is 0 Å². The minimum atomic E-state index is 0.0713. The second-order valence-corrected chi connectivity index (χ2v) is 8.03. The van der Waals surface area contributed by atoms with Crippen molar-refractivity contribution in [2.45, 2.75) is 44.6 Å². The van der Waals surface area contributed by atoms with E-state index in [0.717, 1.165) is 38.9 Å². The molecular formula is C23H32N2O. The summed E-state index contributed by atoms with van der Waals surface area (Å²) in [5.41, 5.74) is 8.66. The molecule has 2 aromatic carbocycles. The van der Waals surface area contributed by atoms with Crippen LogP contribution in [0, 0.1) is 5.92 Å². The summed E-state index contributed by atoms with van der Waals surface area (Å²) in [6.07, 6.45) is 3.19. The first-order chi connectivity index (χ1) is 12.5. The van der Waals surface area contributed by atoms with Gasteiger partial charge in [-0.2, -0.15) is 0 Å². The van der Waals surface area contributed by atoms with Gasteiger partial charge in [0.1, 0.15) is 5.75 Å². The Kier molecular flexibility index (Phi) is 6.00. The molecule has 1 heterocycles. The molecule has 0 unspecified atom stereocenters. The number of hydrogen-bond acceptors (Lipinski definition) is 3. The smallest absolute Gasteiger partial charge is 0.115 e. The summed E-state index contributed by atoms with van der Waals surface area (Å²) in [5.74, 6) is 0.881. The summed E-state index contributed by atoms with van der Waals surface area (Å²) in [7, 11) is 0. The van der Waals surface area contributed by atoms with E-state index < -0.39 is 0 Å². The Hall–Kier alpha value is -1.84. The van der Waals surface area contributed by atoms with E-state index in [1.54, 1.807) is 6.07 Å². The van der Waals surface area contributed by atoms with Crippen molar-refractivity contribution in [3.8, 4) is 5.75 Å². The Balaban J connectivity index is 1.76. The van der Waals surface area contributed by atoms with Crippen molar-refractivity contribution in [3.05, 3.63) is 65.7 Å². The molecule has 0 saturated carbocycles. The van der Waals surface area contributed by atoms with Crippen molar-refractivity contribution >= 4 is 0 Å². The molecule has 3 N–H and O–H groups in total. The maximum absolute atomic E-state index is 9.95. The highest BCUT2D eigenvalue weighted by Gasteiger charge is 2.42. The molecule has 0 aliphatic carbocycles. The summed E-state index contributed by atoms with van der Waals surface area (Å²) >= 11 is 0. The molecule has 140 valence electrons. The van der Waals surface area contributed by atoms with Gasteiger partial charge in [-0.25, -0.2) is 0 Å². The molecule has 0 bridgehead atoms. The fourth-order valence-electron chi connectivity index (χ4n) is 4.45. The first-order valence-corrected chi connectivity index (χ1v) is 9.80. The molecule has 26 heavy (non-hydrogen) atoms. The van der Waals surface area contributed by atoms with Crippen molar-refractivity contribution in [1.29, 1.82) is 0 Å². The van der Waals surface area contributed by atoms with Crippen LogP contribution in [0.25, 0.3) is 0 Å². The van der Waals surface area contributed by atoms with Gasteiger partial charge in [-0.05, 0) is 60.4 Å². The molecule has 3 heteroatoms. The highest BCUT2D eigenvalue weighted by molar-refractivity contribution is 5.34. The molecule has 1 aliphatic heterocycles. The Labute approximate surface area is 157 Å². The van der Waals surface area contributed by atoms with Gasteiger partial charge in [-0.3, -0.25) is 4.90 Å². The standard InChI is InChI=1S/C23H32N2O/c1-18-17-25(14-12-19-7-4-3-5-8-19)21(11-13-24)16-23(18,2)20-9-6-10-22(26)15-20/h3-10,15,18,21,26H,11-14,16-17,24H2,1-2H3/t18-,21+,23+/m0/s1. The molecule has 3 atom stereocenters. The van der Waals surface area contributed by atoms with Gasteiger partial charge in [-0.1, -0.05) is 56.3 Å². The first kappa shape index (κ1) is 18.9. The number of piperidine rings is 1. The average Bonchev–Trinajstić information content (AvgIpc) is 2.64. The van der Waals surface area contributed by atoms with E-state index in [0.29, 0.717) is 17.7 Å². The molecule has 0 amide bonds. The van der Waals surface area contributed by atoms with Gasteiger partial charge in [-0.15, -0.1) is 0 Å². The minimum Gasteiger partial charge on any atom is -0.508 e. The number of phenols is 1. The second-order valence-electron chi connectivity index (χ2n) is 8.03. The van der Waals surface area contributed by atoms with Gasteiger partial charge >= 0.3 is 0 Å². The van der Waals surface area contributed by atoms with Crippen LogP contribution in [-0.4, -0.2) is 35.7 Å². The van der Waals surface area contributed by atoms with Crippen LogP contribution < -0.4 is 5.73 Å².